The maximum Gasteiger partial charge on any atom is 0.244 e. The summed E-state index contributed by atoms with van der Waals surface area (Å²) in [7, 11) is -3.55. The van der Waals surface area contributed by atoms with E-state index in [-0.39, 0.29) is 29.7 Å². The minimum Gasteiger partial charge on any atom is -0.465 e. The summed E-state index contributed by atoms with van der Waals surface area (Å²) >= 11 is 0. The molecule has 0 spiro atoms. The van der Waals surface area contributed by atoms with Gasteiger partial charge in [-0.05, 0) is 49.0 Å². The zero-order valence-corrected chi connectivity index (χ0v) is 18.8. The summed E-state index contributed by atoms with van der Waals surface area (Å²) in [6.45, 7) is 5.52. The van der Waals surface area contributed by atoms with Crippen molar-refractivity contribution in [2.24, 2.45) is 0 Å². The molecule has 0 aliphatic carbocycles. The average Bonchev–Trinajstić information content (AvgIpc) is 3.32. The molecule has 1 saturated heterocycles. The first-order chi connectivity index (χ1) is 15.4. The molecular formula is C22H28N4O5S. The van der Waals surface area contributed by atoms with Crippen molar-refractivity contribution in [1.29, 1.82) is 0 Å². The Morgan fingerprint density at radius 3 is 2.44 bits per heavy atom. The summed E-state index contributed by atoms with van der Waals surface area (Å²) < 4.78 is 32.2. The van der Waals surface area contributed by atoms with Gasteiger partial charge in [-0.2, -0.15) is 4.31 Å². The molecule has 1 aliphatic rings. The molecular weight excluding hydrogens is 432 g/mol. The predicted molar refractivity (Wildman–Crippen MR) is 121 cm³/mol. The molecule has 2 aromatic rings. The minimum absolute atomic E-state index is 0.0854. The molecule has 1 aliphatic heterocycles. The third kappa shape index (κ3) is 6.52. The van der Waals surface area contributed by atoms with Crippen LogP contribution in [-0.4, -0.2) is 68.7 Å². The predicted octanol–water partition coefficient (Wildman–Crippen LogP) is 1.76. The molecule has 32 heavy (non-hydrogen) atoms. The summed E-state index contributed by atoms with van der Waals surface area (Å²) in [4.78, 5) is 26.3. The lowest BCUT2D eigenvalue weighted by molar-refractivity contribution is -0.117. The van der Waals surface area contributed by atoms with Crippen molar-refractivity contribution in [3.05, 3.63) is 54.5 Å². The molecule has 2 N–H and O–H groups in total. The third-order valence-corrected chi connectivity index (χ3v) is 7.06. The van der Waals surface area contributed by atoms with E-state index in [0.29, 0.717) is 24.5 Å². The molecule has 1 aromatic heterocycles. The summed E-state index contributed by atoms with van der Waals surface area (Å²) in [6.07, 6.45) is 4.46. The highest BCUT2D eigenvalue weighted by molar-refractivity contribution is 7.89. The summed E-state index contributed by atoms with van der Waals surface area (Å²) in [5, 5.41) is 5.32. The second-order valence-corrected chi connectivity index (χ2v) is 9.24. The normalized spacial score (nSPS) is 15.7. The van der Waals surface area contributed by atoms with Gasteiger partial charge in [0.25, 0.3) is 0 Å². The third-order valence-electron chi connectivity index (χ3n) is 5.15. The van der Waals surface area contributed by atoms with Gasteiger partial charge in [0.1, 0.15) is 5.76 Å². The number of sulfonamides is 1. The number of rotatable bonds is 9. The van der Waals surface area contributed by atoms with E-state index in [2.05, 4.69) is 22.5 Å². The van der Waals surface area contributed by atoms with Crippen LogP contribution in [0.1, 0.15) is 19.1 Å². The maximum atomic E-state index is 12.8. The van der Waals surface area contributed by atoms with Crippen molar-refractivity contribution in [2.45, 2.75) is 18.2 Å². The van der Waals surface area contributed by atoms with Crippen LogP contribution in [0.3, 0.4) is 0 Å². The molecule has 0 saturated carbocycles. The number of furan rings is 1. The number of hydrogen-bond donors (Lipinski definition) is 2. The summed E-state index contributed by atoms with van der Waals surface area (Å²) in [6, 6.07) is 9.57. The van der Waals surface area contributed by atoms with Crippen molar-refractivity contribution in [3.8, 4) is 0 Å². The Bertz CT molecular complexity index is 1020. The number of amides is 2. The molecule has 0 atom stereocenters. The number of piperazine rings is 1. The van der Waals surface area contributed by atoms with Crippen molar-refractivity contribution >= 4 is 33.6 Å². The first-order valence-corrected chi connectivity index (χ1v) is 11.9. The molecule has 2 amide bonds. The van der Waals surface area contributed by atoms with Gasteiger partial charge in [-0.3, -0.25) is 9.59 Å². The van der Waals surface area contributed by atoms with E-state index in [1.165, 1.54) is 34.9 Å². The lowest BCUT2D eigenvalue weighted by Gasteiger charge is -2.33. The van der Waals surface area contributed by atoms with Crippen LogP contribution in [0.4, 0.5) is 5.69 Å². The Balaban J connectivity index is 1.44. The van der Waals surface area contributed by atoms with E-state index in [1.54, 1.807) is 24.3 Å². The van der Waals surface area contributed by atoms with Gasteiger partial charge in [0.15, 0.2) is 0 Å². The zero-order valence-electron chi connectivity index (χ0n) is 18.0. The van der Waals surface area contributed by atoms with E-state index in [1.807, 2.05) is 0 Å². The number of nitrogens with one attached hydrogen (secondary N) is 2. The topological polar surface area (TPSA) is 112 Å². The smallest absolute Gasteiger partial charge is 0.244 e. The fourth-order valence-corrected chi connectivity index (χ4v) is 4.69. The Morgan fingerprint density at radius 1 is 1.09 bits per heavy atom. The van der Waals surface area contributed by atoms with Gasteiger partial charge in [0, 0.05) is 50.9 Å². The Hall–Kier alpha value is -2.95. The number of likely N-dealkylation sites (N-methyl/N-ethyl adjacent to an activating group) is 1. The zero-order chi connectivity index (χ0) is 23.0. The fraction of sp³-hybridized carbons (Fsp3) is 0.364. The van der Waals surface area contributed by atoms with Gasteiger partial charge in [-0.1, -0.05) is 6.92 Å². The SMILES string of the molecule is CCN1CCN(S(=O)(=O)c2ccc(NC(=O)CCNC(=O)/C=C/c3ccco3)cc2)CC1. The molecule has 3 rings (SSSR count). The average molecular weight is 461 g/mol. The quantitative estimate of drug-likeness (QED) is 0.552. The molecule has 1 fully saturated rings. The van der Waals surface area contributed by atoms with Gasteiger partial charge in [0.05, 0.1) is 11.2 Å². The van der Waals surface area contributed by atoms with Crippen LogP contribution in [0.2, 0.25) is 0 Å². The second kappa shape index (κ2) is 11.1. The number of benzene rings is 1. The lowest BCUT2D eigenvalue weighted by atomic mass is 10.3. The van der Waals surface area contributed by atoms with Gasteiger partial charge in [-0.15, -0.1) is 0 Å². The van der Waals surface area contributed by atoms with E-state index < -0.39 is 10.0 Å². The Labute approximate surface area is 188 Å². The highest BCUT2D eigenvalue weighted by atomic mass is 32.2. The highest BCUT2D eigenvalue weighted by Crippen LogP contribution is 2.20. The highest BCUT2D eigenvalue weighted by Gasteiger charge is 2.27. The van der Waals surface area contributed by atoms with Crippen molar-refractivity contribution in [1.82, 2.24) is 14.5 Å². The lowest BCUT2D eigenvalue weighted by Crippen LogP contribution is -2.48. The first kappa shape index (κ1) is 23.7. The largest absolute Gasteiger partial charge is 0.465 e. The van der Waals surface area contributed by atoms with E-state index in [0.717, 1.165) is 19.6 Å². The van der Waals surface area contributed by atoms with Crippen LogP contribution >= 0.6 is 0 Å². The van der Waals surface area contributed by atoms with Crippen LogP contribution < -0.4 is 10.6 Å². The monoisotopic (exact) mass is 460 g/mol. The van der Waals surface area contributed by atoms with Crippen LogP contribution in [0, 0.1) is 0 Å². The number of carbonyl (C=O) groups excluding carboxylic acids is 2. The Morgan fingerprint density at radius 2 is 1.81 bits per heavy atom. The molecule has 9 nitrogen and oxygen atoms in total. The van der Waals surface area contributed by atoms with Gasteiger partial charge in [0.2, 0.25) is 21.8 Å². The van der Waals surface area contributed by atoms with E-state index >= 15 is 0 Å². The number of nitrogens with zero attached hydrogens (tertiary/aromatic N) is 2. The van der Waals surface area contributed by atoms with Gasteiger partial charge >= 0.3 is 0 Å². The van der Waals surface area contributed by atoms with Crippen molar-refractivity contribution in [3.63, 3.8) is 0 Å². The van der Waals surface area contributed by atoms with Crippen LogP contribution in [-0.2, 0) is 19.6 Å². The molecule has 172 valence electrons. The molecule has 1 aromatic carbocycles. The molecule has 10 heteroatoms. The Kier molecular flexibility index (Phi) is 8.20. The minimum atomic E-state index is -3.55. The standard InChI is InChI=1S/C22H28N4O5S/c1-2-25-13-15-26(16-14-25)32(29,30)20-8-5-18(6-9-20)24-22(28)11-12-23-21(27)10-7-19-4-3-17-31-19/h3-10,17H,2,11-16H2,1H3,(H,23,27)(H,24,28)/b10-7+. The summed E-state index contributed by atoms with van der Waals surface area (Å²) in [5.41, 5.74) is 0.494. The van der Waals surface area contributed by atoms with Crippen LogP contribution in [0.5, 0.6) is 0 Å². The first-order valence-electron chi connectivity index (χ1n) is 10.5. The molecule has 0 unspecified atom stereocenters. The number of hydrogen-bond acceptors (Lipinski definition) is 6. The molecule has 0 radical (unpaired) electrons. The molecule has 2 heterocycles. The number of carbonyl (C=O) groups is 2. The maximum absolute atomic E-state index is 12.8. The summed E-state index contributed by atoms with van der Waals surface area (Å²) in [5.74, 6) is -0.0540. The van der Waals surface area contributed by atoms with E-state index in [9.17, 15) is 18.0 Å². The van der Waals surface area contributed by atoms with Crippen molar-refractivity contribution in [2.75, 3.05) is 44.6 Å². The fourth-order valence-electron chi connectivity index (χ4n) is 3.27. The van der Waals surface area contributed by atoms with Crippen LogP contribution in [0.15, 0.2) is 58.1 Å². The van der Waals surface area contributed by atoms with Gasteiger partial charge in [-0.25, -0.2) is 8.42 Å². The van der Waals surface area contributed by atoms with E-state index in [4.69, 9.17) is 4.42 Å². The number of anilines is 1. The molecule has 0 bridgehead atoms. The van der Waals surface area contributed by atoms with Crippen LogP contribution in [0.25, 0.3) is 6.08 Å². The van der Waals surface area contributed by atoms with Gasteiger partial charge < -0.3 is 20.0 Å². The second-order valence-electron chi connectivity index (χ2n) is 7.30. The van der Waals surface area contributed by atoms with Crippen molar-refractivity contribution < 1.29 is 22.4 Å².